The minimum Gasteiger partial charge on any atom is -0.400 e. The zero-order valence-electron chi connectivity index (χ0n) is 17.8. The van der Waals surface area contributed by atoms with Crippen molar-refractivity contribution in [2.75, 3.05) is 6.67 Å². The van der Waals surface area contributed by atoms with Gasteiger partial charge >= 0.3 is 0 Å². The fourth-order valence-electron chi connectivity index (χ4n) is 2.01. The van der Waals surface area contributed by atoms with Crippen LogP contribution in [0, 0.1) is 0 Å². The molecule has 5 heteroatoms. The molecule has 0 spiro atoms. The number of hydrogen-bond donors (Lipinski definition) is 2. The van der Waals surface area contributed by atoms with E-state index < -0.39 is 6.67 Å². The molecular formula is C23H34FN3O. The molecule has 1 aromatic heterocycles. The molecule has 0 aliphatic carbocycles. The summed E-state index contributed by atoms with van der Waals surface area (Å²) in [5.74, 6) is 0. The van der Waals surface area contributed by atoms with Gasteiger partial charge in [0.05, 0.1) is 11.1 Å². The SMILES string of the molecule is C/C=C(\C=C(\N)CF)Cc1n[nH]c(=O)c2ccccc12.C/C=C\C.C=C.CC. The highest BCUT2D eigenvalue weighted by molar-refractivity contribution is 5.83. The van der Waals surface area contributed by atoms with E-state index in [4.69, 9.17) is 5.73 Å². The third-order valence-electron chi connectivity index (χ3n) is 3.38. The number of allylic oxidation sites excluding steroid dienone is 6. The Balaban J connectivity index is 0. The maximum absolute atomic E-state index is 12.4. The Bertz CT molecular complexity index is 816. The molecule has 0 unspecified atom stereocenters. The third kappa shape index (κ3) is 9.67. The molecular weight excluding hydrogens is 353 g/mol. The van der Waals surface area contributed by atoms with Gasteiger partial charge in [-0.2, -0.15) is 5.10 Å². The summed E-state index contributed by atoms with van der Waals surface area (Å²) in [4.78, 5) is 11.7. The molecule has 1 aromatic carbocycles. The molecule has 0 aliphatic heterocycles. The molecule has 0 radical (unpaired) electrons. The summed E-state index contributed by atoms with van der Waals surface area (Å²) in [5.41, 5.74) is 7.05. The minimum absolute atomic E-state index is 0.173. The van der Waals surface area contributed by atoms with Crippen LogP contribution >= 0.6 is 0 Å². The van der Waals surface area contributed by atoms with Crippen LogP contribution < -0.4 is 11.3 Å². The van der Waals surface area contributed by atoms with Crippen molar-refractivity contribution in [1.29, 1.82) is 0 Å². The molecule has 0 fully saturated rings. The average molecular weight is 388 g/mol. The second kappa shape index (κ2) is 17.5. The first-order chi connectivity index (χ1) is 13.6. The van der Waals surface area contributed by atoms with Crippen molar-refractivity contribution in [3.8, 4) is 0 Å². The quantitative estimate of drug-likeness (QED) is 0.527. The van der Waals surface area contributed by atoms with Crippen LogP contribution in [-0.4, -0.2) is 16.9 Å². The second-order valence-corrected chi connectivity index (χ2v) is 5.10. The maximum atomic E-state index is 12.4. The van der Waals surface area contributed by atoms with Crippen LogP contribution in [0.15, 0.2) is 77.8 Å². The lowest BCUT2D eigenvalue weighted by Crippen LogP contribution is -2.11. The third-order valence-corrected chi connectivity index (χ3v) is 3.38. The first-order valence-electron chi connectivity index (χ1n) is 9.28. The minimum atomic E-state index is -0.683. The fourth-order valence-corrected chi connectivity index (χ4v) is 2.01. The molecule has 2 aromatic rings. The lowest BCUT2D eigenvalue weighted by atomic mass is 10.0. The molecule has 154 valence electrons. The van der Waals surface area contributed by atoms with Gasteiger partial charge in [0.15, 0.2) is 0 Å². The van der Waals surface area contributed by atoms with E-state index in [1.807, 2.05) is 65.0 Å². The summed E-state index contributed by atoms with van der Waals surface area (Å²) in [6.07, 6.45) is 7.93. The van der Waals surface area contributed by atoms with E-state index in [1.165, 1.54) is 0 Å². The smallest absolute Gasteiger partial charge is 0.272 e. The van der Waals surface area contributed by atoms with Crippen LogP contribution in [0.2, 0.25) is 0 Å². The predicted octanol–water partition coefficient (Wildman–Crippen LogP) is 5.63. The van der Waals surface area contributed by atoms with Crippen molar-refractivity contribution in [1.82, 2.24) is 10.2 Å². The number of hydrogen-bond acceptors (Lipinski definition) is 3. The van der Waals surface area contributed by atoms with Crippen LogP contribution in [0.3, 0.4) is 0 Å². The number of H-pyrrole nitrogens is 1. The zero-order valence-corrected chi connectivity index (χ0v) is 17.8. The van der Waals surface area contributed by atoms with Gasteiger partial charge in [0.25, 0.3) is 5.56 Å². The van der Waals surface area contributed by atoms with E-state index in [0.29, 0.717) is 11.8 Å². The Kier molecular flexibility index (Phi) is 17.0. The highest BCUT2D eigenvalue weighted by Gasteiger charge is 2.07. The van der Waals surface area contributed by atoms with Gasteiger partial charge in [-0.3, -0.25) is 4.79 Å². The van der Waals surface area contributed by atoms with E-state index in [2.05, 4.69) is 23.4 Å². The number of benzene rings is 1. The van der Waals surface area contributed by atoms with Gasteiger partial charge in [0.1, 0.15) is 6.67 Å². The molecule has 28 heavy (non-hydrogen) atoms. The Morgan fingerprint density at radius 1 is 1.14 bits per heavy atom. The first-order valence-corrected chi connectivity index (χ1v) is 9.28. The summed E-state index contributed by atoms with van der Waals surface area (Å²) in [7, 11) is 0. The summed E-state index contributed by atoms with van der Waals surface area (Å²) < 4.78 is 12.4. The van der Waals surface area contributed by atoms with Crippen LogP contribution in [-0.2, 0) is 6.42 Å². The average Bonchev–Trinajstić information content (AvgIpc) is 2.78. The highest BCUT2D eigenvalue weighted by atomic mass is 19.1. The molecule has 1 heterocycles. The molecule has 0 atom stereocenters. The summed E-state index contributed by atoms with van der Waals surface area (Å²) in [6.45, 7) is 15.2. The van der Waals surface area contributed by atoms with E-state index >= 15 is 0 Å². The van der Waals surface area contributed by atoms with Gasteiger partial charge in [0.2, 0.25) is 0 Å². The number of nitrogens with one attached hydrogen (secondary N) is 1. The molecule has 0 amide bonds. The Hall–Kier alpha value is -2.95. The molecule has 2 rings (SSSR count). The monoisotopic (exact) mass is 387 g/mol. The molecule has 0 saturated heterocycles. The van der Waals surface area contributed by atoms with Crippen LogP contribution in [0.4, 0.5) is 4.39 Å². The van der Waals surface area contributed by atoms with E-state index in [0.717, 1.165) is 16.7 Å². The molecule has 0 bridgehead atoms. The topological polar surface area (TPSA) is 71.8 Å². The first kappa shape index (κ1) is 27.3. The van der Waals surface area contributed by atoms with Crippen molar-refractivity contribution >= 4 is 10.8 Å². The van der Waals surface area contributed by atoms with Crippen LogP contribution in [0.25, 0.3) is 10.8 Å². The summed E-state index contributed by atoms with van der Waals surface area (Å²) in [5, 5.41) is 7.95. The maximum Gasteiger partial charge on any atom is 0.272 e. The van der Waals surface area contributed by atoms with Crippen molar-refractivity contribution < 1.29 is 4.39 Å². The Morgan fingerprint density at radius 2 is 1.68 bits per heavy atom. The van der Waals surface area contributed by atoms with Gasteiger partial charge in [0, 0.05) is 17.5 Å². The van der Waals surface area contributed by atoms with Crippen molar-refractivity contribution in [2.45, 2.75) is 41.0 Å². The van der Waals surface area contributed by atoms with Gasteiger partial charge in [-0.05, 0) is 38.5 Å². The van der Waals surface area contributed by atoms with Gasteiger partial charge < -0.3 is 5.73 Å². The summed E-state index contributed by atoms with van der Waals surface area (Å²) >= 11 is 0. The second-order valence-electron chi connectivity index (χ2n) is 5.10. The molecule has 0 aliphatic rings. The Morgan fingerprint density at radius 3 is 2.14 bits per heavy atom. The number of fused-ring (bicyclic) bond motifs is 1. The van der Waals surface area contributed by atoms with Gasteiger partial charge in [-0.15, -0.1) is 13.2 Å². The van der Waals surface area contributed by atoms with Crippen molar-refractivity contribution in [3.05, 3.63) is 89.0 Å². The van der Waals surface area contributed by atoms with Crippen molar-refractivity contribution in [3.63, 3.8) is 0 Å². The summed E-state index contributed by atoms with van der Waals surface area (Å²) in [6, 6.07) is 7.26. The number of nitrogens with zero attached hydrogens (tertiary/aromatic N) is 1. The fraction of sp³-hybridized carbons (Fsp3) is 0.304. The Labute approximate surface area is 168 Å². The van der Waals surface area contributed by atoms with E-state index in [-0.39, 0.29) is 11.3 Å². The standard InChI is InChI=1S/C15H16FN3O.C4H8.C2H6.C2H4/c1-2-10(7-11(17)9-16)8-14-12-5-3-4-6-13(12)15(20)19-18-14;1-3-4-2;2*1-2/h2-7H,8-9,17H2,1H3,(H,19,20);3-4H,1-2H3;1-2H3;1-2H2/b10-2+,11-7+;4-3-;;. The lowest BCUT2D eigenvalue weighted by Gasteiger charge is -2.06. The molecule has 3 N–H and O–H groups in total. The zero-order chi connectivity index (χ0) is 21.9. The normalized spacial score (nSPS) is 10.9. The van der Waals surface area contributed by atoms with Gasteiger partial charge in [-0.1, -0.05) is 50.3 Å². The van der Waals surface area contributed by atoms with Gasteiger partial charge in [-0.25, -0.2) is 9.49 Å². The number of aromatic amines is 1. The highest BCUT2D eigenvalue weighted by Crippen LogP contribution is 2.16. The number of rotatable bonds is 4. The van der Waals surface area contributed by atoms with Crippen LogP contribution in [0.1, 0.15) is 40.3 Å². The van der Waals surface area contributed by atoms with Crippen molar-refractivity contribution in [2.24, 2.45) is 5.73 Å². The molecule has 0 saturated carbocycles. The van der Waals surface area contributed by atoms with Crippen LogP contribution in [0.5, 0.6) is 0 Å². The number of alkyl halides is 1. The number of aromatic nitrogens is 2. The number of halogens is 1. The lowest BCUT2D eigenvalue weighted by molar-refractivity contribution is 0.539. The predicted molar refractivity (Wildman–Crippen MR) is 121 cm³/mol. The molecule has 4 nitrogen and oxygen atoms in total. The van der Waals surface area contributed by atoms with E-state index in [9.17, 15) is 9.18 Å². The largest absolute Gasteiger partial charge is 0.400 e. The van der Waals surface area contributed by atoms with E-state index in [1.54, 1.807) is 18.2 Å². The number of nitrogens with two attached hydrogens (primary N) is 1.